The van der Waals surface area contributed by atoms with Gasteiger partial charge in [-0.05, 0) is 37.8 Å². The normalized spacial score (nSPS) is 12.7. The fraction of sp³-hybridized carbons (Fsp3) is 0.500. The van der Waals surface area contributed by atoms with E-state index in [0.29, 0.717) is 6.04 Å². The van der Waals surface area contributed by atoms with Gasteiger partial charge in [-0.25, -0.2) is 0 Å². The Morgan fingerprint density at radius 1 is 1.64 bits per heavy atom. The molecule has 1 unspecified atom stereocenters. The smallest absolute Gasteiger partial charge is 0.0149 e. The van der Waals surface area contributed by atoms with Crippen LogP contribution < -0.4 is 5.32 Å². The van der Waals surface area contributed by atoms with Crippen molar-refractivity contribution in [3.05, 3.63) is 34.5 Å². The lowest BCUT2D eigenvalue weighted by atomic mass is 10.0. The summed E-state index contributed by atoms with van der Waals surface area (Å²) in [5.74, 6) is 0. The number of rotatable bonds is 6. The van der Waals surface area contributed by atoms with Crippen molar-refractivity contribution < 1.29 is 0 Å². The van der Waals surface area contributed by atoms with Crippen molar-refractivity contribution in [3.63, 3.8) is 0 Å². The predicted octanol–water partition coefficient (Wildman–Crippen LogP) is 3.23. The van der Waals surface area contributed by atoms with E-state index in [9.17, 15) is 0 Å². The fourth-order valence-electron chi connectivity index (χ4n) is 1.44. The van der Waals surface area contributed by atoms with Gasteiger partial charge in [-0.3, -0.25) is 0 Å². The van der Waals surface area contributed by atoms with E-state index in [4.69, 9.17) is 0 Å². The average Bonchev–Trinajstić information content (AvgIpc) is 2.69. The molecule has 0 aliphatic heterocycles. The van der Waals surface area contributed by atoms with Gasteiger partial charge >= 0.3 is 0 Å². The summed E-state index contributed by atoms with van der Waals surface area (Å²) in [7, 11) is 2.03. The summed E-state index contributed by atoms with van der Waals surface area (Å²) in [4.78, 5) is 1.45. The highest BCUT2D eigenvalue weighted by Crippen LogP contribution is 2.15. The topological polar surface area (TPSA) is 12.0 Å². The lowest BCUT2D eigenvalue weighted by Gasteiger charge is -2.15. The highest BCUT2D eigenvalue weighted by Gasteiger charge is 2.08. The van der Waals surface area contributed by atoms with Crippen LogP contribution in [-0.4, -0.2) is 13.1 Å². The van der Waals surface area contributed by atoms with E-state index in [1.54, 1.807) is 0 Å². The quantitative estimate of drug-likeness (QED) is 0.709. The van der Waals surface area contributed by atoms with Crippen LogP contribution in [0.5, 0.6) is 0 Å². The molecule has 0 saturated carbocycles. The van der Waals surface area contributed by atoms with Gasteiger partial charge in [0.15, 0.2) is 0 Å². The second-order valence-corrected chi connectivity index (χ2v) is 4.61. The molecule has 0 fully saturated rings. The molecule has 1 N–H and O–H groups in total. The molecular formula is C12H19NS. The van der Waals surface area contributed by atoms with Crippen LogP contribution >= 0.6 is 11.3 Å². The molecule has 1 aromatic rings. The van der Waals surface area contributed by atoms with E-state index in [1.165, 1.54) is 10.5 Å². The summed E-state index contributed by atoms with van der Waals surface area (Å²) in [6, 6.07) is 4.85. The Balaban J connectivity index is 2.43. The van der Waals surface area contributed by atoms with Gasteiger partial charge in [-0.15, -0.1) is 11.3 Å². The number of nitrogens with one attached hydrogen (secondary N) is 1. The predicted molar refractivity (Wildman–Crippen MR) is 64.9 cm³/mol. The van der Waals surface area contributed by atoms with Gasteiger partial charge in [0.25, 0.3) is 0 Å². The van der Waals surface area contributed by atoms with Crippen molar-refractivity contribution in [2.24, 2.45) is 0 Å². The van der Waals surface area contributed by atoms with Gasteiger partial charge in [-0.1, -0.05) is 25.1 Å². The van der Waals surface area contributed by atoms with Crippen molar-refractivity contribution in [1.29, 1.82) is 0 Å². The lowest BCUT2D eigenvalue weighted by molar-refractivity contribution is 0.552. The molecule has 0 aliphatic rings. The average molecular weight is 209 g/mol. The second-order valence-electron chi connectivity index (χ2n) is 3.58. The summed E-state index contributed by atoms with van der Waals surface area (Å²) in [6.07, 6.45) is 3.29. The van der Waals surface area contributed by atoms with Gasteiger partial charge in [-0.2, -0.15) is 0 Å². The third-order valence-electron chi connectivity index (χ3n) is 2.47. The lowest BCUT2D eigenvalue weighted by Crippen LogP contribution is -2.27. The fourth-order valence-corrected chi connectivity index (χ4v) is 2.23. The molecule has 1 heterocycles. The molecule has 14 heavy (non-hydrogen) atoms. The molecule has 0 saturated heterocycles. The highest BCUT2D eigenvalue weighted by molar-refractivity contribution is 7.09. The number of likely N-dealkylation sites (N-methyl/N-ethyl adjacent to an activating group) is 1. The first kappa shape index (κ1) is 11.5. The number of thiophene rings is 1. The maximum absolute atomic E-state index is 4.05. The van der Waals surface area contributed by atoms with Crippen molar-refractivity contribution in [3.8, 4) is 0 Å². The molecule has 0 aromatic carbocycles. The molecule has 1 rings (SSSR count). The van der Waals surface area contributed by atoms with Gasteiger partial charge in [0.1, 0.15) is 0 Å². The minimum Gasteiger partial charge on any atom is -0.316 e. The second kappa shape index (κ2) is 5.99. The molecule has 1 nitrogen and oxygen atoms in total. The molecular weight excluding hydrogens is 190 g/mol. The molecule has 0 amide bonds. The number of hydrogen-bond donors (Lipinski definition) is 1. The zero-order valence-electron chi connectivity index (χ0n) is 9.05. The minimum absolute atomic E-state index is 0.543. The van der Waals surface area contributed by atoms with Crippen LogP contribution in [0.2, 0.25) is 0 Å². The first-order valence-corrected chi connectivity index (χ1v) is 6.00. The Morgan fingerprint density at radius 2 is 2.43 bits per heavy atom. The van der Waals surface area contributed by atoms with Crippen molar-refractivity contribution in [1.82, 2.24) is 5.32 Å². The summed E-state index contributed by atoms with van der Waals surface area (Å²) in [5.41, 5.74) is 1.33. The summed E-state index contributed by atoms with van der Waals surface area (Å²) >= 11 is 1.83. The first-order valence-electron chi connectivity index (χ1n) is 5.12. The third kappa shape index (κ3) is 3.64. The summed E-state index contributed by atoms with van der Waals surface area (Å²) in [5, 5.41) is 5.49. The Hall–Kier alpha value is -0.600. The van der Waals surface area contributed by atoms with E-state index in [-0.39, 0.29) is 0 Å². The van der Waals surface area contributed by atoms with Crippen molar-refractivity contribution in [2.75, 3.05) is 7.05 Å². The van der Waals surface area contributed by atoms with Crippen LogP contribution in [0.15, 0.2) is 29.7 Å². The van der Waals surface area contributed by atoms with Gasteiger partial charge in [0, 0.05) is 10.9 Å². The summed E-state index contributed by atoms with van der Waals surface area (Å²) in [6.45, 7) is 6.22. The van der Waals surface area contributed by atoms with Crippen LogP contribution in [0.3, 0.4) is 0 Å². The van der Waals surface area contributed by atoms with Gasteiger partial charge < -0.3 is 5.32 Å². The van der Waals surface area contributed by atoms with E-state index < -0.39 is 0 Å². The SMILES string of the molecule is C=C(CC)CC(Cc1cccs1)NC. The first-order chi connectivity index (χ1) is 6.76. The van der Waals surface area contributed by atoms with E-state index in [0.717, 1.165) is 19.3 Å². The standard InChI is InChI=1S/C12H19NS/c1-4-10(2)8-11(13-3)9-12-6-5-7-14-12/h5-7,11,13H,2,4,8-9H2,1,3H3. The zero-order chi connectivity index (χ0) is 10.4. The van der Waals surface area contributed by atoms with Gasteiger partial charge in [0.2, 0.25) is 0 Å². The Kier molecular flexibility index (Phi) is 4.91. The van der Waals surface area contributed by atoms with E-state index in [1.807, 2.05) is 18.4 Å². The molecule has 0 aliphatic carbocycles. The largest absolute Gasteiger partial charge is 0.316 e. The van der Waals surface area contributed by atoms with E-state index >= 15 is 0 Å². The van der Waals surface area contributed by atoms with Crippen molar-refractivity contribution in [2.45, 2.75) is 32.2 Å². The molecule has 1 aromatic heterocycles. The Labute approximate surface area is 90.9 Å². The zero-order valence-corrected chi connectivity index (χ0v) is 9.86. The highest BCUT2D eigenvalue weighted by atomic mass is 32.1. The van der Waals surface area contributed by atoms with Crippen molar-refractivity contribution >= 4 is 11.3 Å². The molecule has 1 atom stereocenters. The Bertz CT molecular complexity index is 264. The van der Waals surface area contributed by atoms with Crippen LogP contribution in [-0.2, 0) is 6.42 Å². The molecule has 0 spiro atoms. The van der Waals surface area contributed by atoms with Gasteiger partial charge in [0.05, 0.1) is 0 Å². The monoisotopic (exact) mass is 209 g/mol. The summed E-state index contributed by atoms with van der Waals surface area (Å²) < 4.78 is 0. The maximum atomic E-state index is 4.05. The molecule has 0 bridgehead atoms. The molecule has 2 heteroatoms. The minimum atomic E-state index is 0.543. The van der Waals surface area contributed by atoms with Crippen LogP contribution in [0.25, 0.3) is 0 Å². The maximum Gasteiger partial charge on any atom is 0.0149 e. The Morgan fingerprint density at radius 3 is 2.93 bits per heavy atom. The molecule has 0 radical (unpaired) electrons. The van der Waals surface area contributed by atoms with Crippen LogP contribution in [0, 0.1) is 0 Å². The van der Waals surface area contributed by atoms with E-state index in [2.05, 4.69) is 36.3 Å². The van der Waals surface area contributed by atoms with Crippen LogP contribution in [0.4, 0.5) is 0 Å². The molecule has 78 valence electrons. The third-order valence-corrected chi connectivity index (χ3v) is 3.37. The van der Waals surface area contributed by atoms with Crippen LogP contribution in [0.1, 0.15) is 24.6 Å². The number of hydrogen-bond acceptors (Lipinski definition) is 2.